The minimum atomic E-state index is -0.667. The van der Waals surface area contributed by atoms with Crippen LogP contribution in [-0.4, -0.2) is 36.7 Å². The molecule has 2 aromatic carbocycles. The molecule has 0 unspecified atom stereocenters. The number of hydrogen-bond acceptors (Lipinski definition) is 5. The molecule has 2 amide bonds. The highest BCUT2D eigenvalue weighted by molar-refractivity contribution is 6.44. The van der Waals surface area contributed by atoms with Gasteiger partial charge < -0.3 is 16.0 Å². The Morgan fingerprint density at radius 3 is 2.28 bits per heavy atom. The molecule has 1 fully saturated rings. The van der Waals surface area contributed by atoms with E-state index in [1.54, 1.807) is 0 Å². The summed E-state index contributed by atoms with van der Waals surface area (Å²) in [4.78, 5) is 27.0. The number of nitrogens with two attached hydrogens (primary N) is 1. The van der Waals surface area contributed by atoms with E-state index < -0.39 is 11.9 Å². The van der Waals surface area contributed by atoms with Gasteiger partial charge in [0.2, 0.25) is 5.91 Å². The SMILES string of the molecule is NC(=O)[C@@H]1CC(C(=O)Nc2ccc(N3CCCCC3)cc2)=NN1c1ccccc1. The highest BCUT2D eigenvalue weighted by atomic mass is 16.2. The van der Waals surface area contributed by atoms with Crippen molar-refractivity contribution in [2.45, 2.75) is 31.7 Å². The number of hydrogen-bond donors (Lipinski definition) is 2. The molecule has 1 atom stereocenters. The largest absolute Gasteiger partial charge is 0.372 e. The molecule has 2 aliphatic heterocycles. The Balaban J connectivity index is 1.45. The first kappa shape index (κ1) is 19.0. The van der Waals surface area contributed by atoms with Crippen LogP contribution in [0.1, 0.15) is 25.7 Å². The molecule has 7 heteroatoms. The molecule has 7 nitrogen and oxygen atoms in total. The Morgan fingerprint density at radius 1 is 0.931 bits per heavy atom. The van der Waals surface area contributed by atoms with E-state index in [2.05, 4.69) is 15.3 Å². The maximum absolute atomic E-state index is 12.7. The van der Waals surface area contributed by atoms with Gasteiger partial charge in [-0.05, 0) is 55.7 Å². The number of primary amides is 1. The molecule has 2 heterocycles. The van der Waals surface area contributed by atoms with E-state index in [1.807, 2.05) is 54.6 Å². The summed E-state index contributed by atoms with van der Waals surface area (Å²) in [6, 6.07) is 16.4. The quantitative estimate of drug-likeness (QED) is 0.820. The van der Waals surface area contributed by atoms with Crippen LogP contribution in [-0.2, 0) is 9.59 Å². The maximum atomic E-state index is 12.7. The Morgan fingerprint density at radius 2 is 1.62 bits per heavy atom. The van der Waals surface area contributed by atoms with Crippen molar-refractivity contribution in [1.82, 2.24) is 0 Å². The average molecular weight is 391 g/mol. The lowest BCUT2D eigenvalue weighted by atomic mass is 10.1. The zero-order valence-electron chi connectivity index (χ0n) is 16.3. The number of carbonyl (C=O) groups is 2. The van der Waals surface area contributed by atoms with E-state index in [0.717, 1.165) is 18.8 Å². The van der Waals surface area contributed by atoms with E-state index in [-0.39, 0.29) is 18.0 Å². The van der Waals surface area contributed by atoms with Crippen molar-refractivity contribution in [3.8, 4) is 0 Å². The molecule has 150 valence electrons. The topological polar surface area (TPSA) is 91.0 Å². The predicted molar refractivity (Wildman–Crippen MR) is 115 cm³/mol. The third kappa shape index (κ3) is 4.23. The standard InChI is InChI=1S/C22H25N5O2/c23-21(28)20-15-19(25-27(20)18-7-3-1-4-8-18)22(29)24-16-9-11-17(12-10-16)26-13-5-2-6-14-26/h1,3-4,7-12,20H,2,5-6,13-15H2,(H2,23,28)(H,24,29)/t20-/m0/s1. The lowest BCUT2D eigenvalue weighted by Gasteiger charge is -2.28. The van der Waals surface area contributed by atoms with E-state index >= 15 is 0 Å². The lowest BCUT2D eigenvalue weighted by Crippen LogP contribution is -2.39. The van der Waals surface area contributed by atoms with Crippen LogP contribution in [0.25, 0.3) is 0 Å². The van der Waals surface area contributed by atoms with E-state index in [9.17, 15) is 9.59 Å². The van der Waals surface area contributed by atoms with Gasteiger partial charge in [0.1, 0.15) is 11.8 Å². The van der Waals surface area contributed by atoms with Gasteiger partial charge >= 0.3 is 0 Å². The van der Waals surface area contributed by atoms with Gasteiger partial charge in [-0.3, -0.25) is 14.6 Å². The number of benzene rings is 2. The first-order valence-corrected chi connectivity index (χ1v) is 9.99. The lowest BCUT2D eigenvalue weighted by molar-refractivity contribution is -0.119. The third-order valence-electron chi connectivity index (χ3n) is 5.37. The number of piperidine rings is 1. The number of amides is 2. The molecule has 2 aromatic rings. The number of hydrazone groups is 1. The normalized spacial score (nSPS) is 19.0. The van der Waals surface area contributed by atoms with Crippen LogP contribution >= 0.6 is 0 Å². The van der Waals surface area contributed by atoms with Crippen LogP contribution in [0.4, 0.5) is 17.1 Å². The van der Waals surface area contributed by atoms with Gasteiger partial charge in [0.15, 0.2) is 0 Å². The average Bonchev–Trinajstić information content (AvgIpc) is 3.22. The van der Waals surface area contributed by atoms with Crippen LogP contribution in [0, 0.1) is 0 Å². The van der Waals surface area contributed by atoms with E-state index in [1.165, 1.54) is 30.0 Å². The van der Waals surface area contributed by atoms with Crippen molar-refractivity contribution >= 4 is 34.6 Å². The summed E-state index contributed by atoms with van der Waals surface area (Å²) in [5, 5.41) is 8.78. The molecule has 29 heavy (non-hydrogen) atoms. The van der Waals surface area contributed by atoms with Crippen molar-refractivity contribution in [3.05, 3.63) is 54.6 Å². The van der Waals surface area contributed by atoms with Crippen LogP contribution in [0.2, 0.25) is 0 Å². The highest BCUT2D eigenvalue weighted by Crippen LogP contribution is 2.25. The summed E-state index contributed by atoms with van der Waals surface area (Å²) in [5.74, 6) is -0.827. The minimum absolute atomic E-state index is 0.182. The van der Waals surface area contributed by atoms with Crippen LogP contribution in [0.15, 0.2) is 59.7 Å². The summed E-state index contributed by atoms with van der Waals surface area (Å²) in [5.41, 5.74) is 8.43. The van der Waals surface area contributed by atoms with Gasteiger partial charge in [-0.2, -0.15) is 5.10 Å². The van der Waals surface area contributed by atoms with Crippen molar-refractivity contribution in [2.24, 2.45) is 10.8 Å². The number of nitrogens with one attached hydrogen (secondary N) is 1. The highest BCUT2D eigenvalue weighted by Gasteiger charge is 2.34. The number of para-hydroxylation sites is 1. The van der Waals surface area contributed by atoms with Gasteiger partial charge in [0.05, 0.1) is 5.69 Å². The smallest absolute Gasteiger partial charge is 0.271 e. The molecule has 0 aromatic heterocycles. The second kappa shape index (κ2) is 8.34. The number of carbonyl (C=O) groups excluding carboxylic acids is 2. The predicted octanol–water partition coefficient (Wildman–Crippen LogP) is 2.74. The fraction of sp³-hybridized carbons (Fsp3) is 0.318. The zero-order chi connectivity index (χ0) is 20.2. The Labute approximate surface area is 170 Å². The van der Waals surface area contributed by atoms with Crippen LogP contribution in [0.3, 0.4) is 0 Å². The minimum Gasteiger partial charge on any atom is -0.372 e. The second-order valence-electron chi connectivity index (χ2n) is 7.40. The van der Waals surface area contributed by atoms with Gasteiger partial charge in [-0.25, -0.2) is 0 Å². The first-order chi connectivity index (χ1) is 14.1. The Bertz CT molecular complexity index is 905. The van der Waals surface area contributed by atoms with Crippen LogP contribution < -0.4 is 21.0 Å². The van der Waals surface area contributed by atoms with Crippen molar-refractivity contribution in [2.75, 3.05) is 28.3 Å². The molecular weight excluding hydrogens is 366 g/mol. The third-order valence-corrected chi connectivity index (χ3v) is 5.37. The van der Waals surface area contributed by atoms with Crippen molar-refractivity contribution < 1.29 is 9.59 Å². The molecule has 4 rings (SSSR count). The molecule has 3 N–H and O–H groups in total. The number of rotatable bonds is 5. The zero-order valence-corrected chi connectivity index (χ0v) is 16.3. The molecule has 0 spiro atoms. The van der Waals surface area contributed by atoms with E-state index in [0.29, 0.717) is 5.69 Å². The monoisotopic (exact) mass is 391 g/mol. The molecule has 0 aliphatic carbocycles. The fourth-order valence-corrected chi connectivity index (χ4v) is 3.80. The summed E-state index contributed by atoms with van der Waals surface area (Å²) < 4.78 is 0. The van der Waals surface area contributed by atoms with Crippen LogP contribution in [0.5, 0.6) is 0 Å². The van der Waals surface area contributed by atoms with Gasteiger partial charge in [-0.1, -0.05) is 18.2 Å². The van der Waals surface area contributed by atoms with Gasteiger partial charge in [-0.15, -0.1) is 0 Å². The summed E-state index contributed by atoms with van der Waals surface area (Å²) in [7, 11) is 0. The van der Waals surface area contributed by atoms with Gasteiger partial charge in [0.25, 0.3) is 5.91 Å². The van der Waals surface area contributed by atoms with Crippen molar-refractivity contribution in [3.63, 3.8) is 0 Å². The summed E-state index contributed by atoms with van der Waals surface area (Å²) >= 11 is 0. The summed E-state index contributed by atoms with van der Waals surface area (Å²) in [6.45, 7) is 2.15. The summed E-state index contributed by atoms with van der Waals surface area (Å²) in [6.07, 6.45) is 3.91. The second-order valence-corrected chi connectivity index (χ2v) is 7.40. The molecule has 0 saturated carbocycles. The van der Waals surface area contributed by atoms with Crippen molar-refractivity contribution in [1.29, 1.82) is 0 Å². The fourth-order valence-electron chi connectivity index (χ4n) is 3.80. The number of anilines is 3. The Kier molecular flexibility index (Phi) is 5.46. The molecule has 0 bridgehead atoms. The molecular formula is C22H25N5O2. The van der Waals surface area contributed by atoms with E-state index in [4.69, 9.17) is 5.73 Å². The first-order valence-electron chi connectivity index (χ1n) is 9.99. The molecule has 0 radical (unpaired) electrons. The maximum Gasteiger partial charge on any atom is 0.271 e. The molecule has 2 aliphatic rings. The van der Waals surface area contributed by atoms with Gasteiger partial charge in [0, 0.05) is 30.9 Å². The Hall–Kier alpha value is -3.35. The molecule has 1 saturated heterocycles. The number of nitrogens with zero attached hydrogens (tertiary/aromatic N) is 3.